The van der Waals surface area contributed by atoms with Gasteiger partial charge in [-0.05, 0) is 26.3 Å². The molecular weight excluding hydrogens is 240 g/mol. The lowest BCUT2D eigenvalue weighted by Crippen LogP contribution is -2.36. The van der Waals surface area contributed by atoms with Gasteiger partial charge in [0.25, 0.3) is 0 Å². The summed E-state index contributed by atoms with van der Waals surface area (Å²) in [4.78, 5) is 11.2. The number of benzene rings is 1. The molecule has 0 spiro atoms. The summed E-state index contributed by atoms with van der Waals surface area (Å²) in [6.07, 6.45) is 1.57. The second-order valence-corrected chi connectivity index (χ2v) is 5.18. The molecule has 1 aliphatic heterocycles. The van der Waals surface area contributed by atoms with Crippen molar-refractivity contribution in [1.29, 1.82) is 0 Å². The van der Waals surface area contributed by atoms with E-state index in [2.05, 4.69) is 30.5 Å². The van der Waals surface area contributed by atoms with E-state index in [9.17, 15) is 4.79 Å². The summed E-state index contributed by atoms with van der Waals surface area (Å²) in [5.74, 6) is 1.06. The number of aryl methyl sites for hydroxylation is 1. The Morgan fingerprint density at radius 2 is 2.32 bits per heavy atom. The lowest BCUT2D eigenvalue weighted by atomic mass is 10.0. The largest absolute Gasteiger partial charge is 0.496 e. The minimum absolute atomic E-state index is 0.160. The molecule has 2 unspecified atom stereocenters. The number of hydrogen-bond acceptors (Lipinski definition) is 3. The van der Waals surface area contributed by atoms with Crippen LogP contribution in [0.25, 0.3) is 0 Å². The summed E-state index contributed by atoms with van der Waals surface area (Å²) < 4.78 is 5.40. The van der Waals surface area contributed by atoms with E-state index in [0.717, 1.165) is 24.3 Å². The van der Waals surface area contributed by atoms with Crippen molar-refractivity contribution in [3.8, 4) is 5.75 Å². The van der Waals surface area contributed by atoms with E-state index in [0.29, 0.717) is 6.42 Å². The van der Waals surface area contributed by atoms with Gasteiger partial charge in [-0.1, -0.05) is 17.7 Å². The van der Waals surface area contributed by atoms with Gasteiger partial charge in [0.1, 0.15) is 5.75 Å². The average molecular weight is 262 g/mol. The number of methoxy groups -OCH3 is 1. The van der Waals surface area contributed by atoms with Crippen molar-refractivity contribution in [2.24, 2.45) is 0 Å². The minimum atomic E-state index is 0.160. The molecule has 2 N–H and O–H groups in total. The highest BCUT2D eigenvalue weighted by Gasteiger charge is 2.21. The summed E-state index contributed by atoms with van der Waals surface area (Å²) >= 11 is 0. The molecule has 4 heteroatoms. The van der Waals surface area contributed by atoms with E-state index in [1.54, 1.807) is 7.11 Å². The highest BCUT2D eigenvalue weighted by atomic mass is 16.5. The topological polar surface area (TPSA) is 50.4 Å². The number of hydrogen-bond donors (Lipinski definition) is 2. The molecule has 1 amide bonds. The van der Waals surface area contributed by atoms with Crippen molar-refractivity contribution < 1.29 is 9.53 Å². The molecule has 19 heavy (non-hydrogen) atoms. The first-order valence-electron chi connectivity index (χ1n) is 6.77. The maximum Gasteiger partial charge on any atom is 0.220 e. The Morgan fingerprint density at radius 3 is 2.95 bits per heavy atom. The summed E-state index contributed by atoms with van der Waals surface area (Å²) in [5.41, 5.74) is 2.38. The maximum absolute atomic E-state index is 11.2. The van der Waals surface area contributed by atoms with Crippen molar-refractivity contribution in [1.82, 2.24) is 10.6 Å². The van der Waals surface area contributed by atoms with Gasteiger partial charge in [0.05, 0.1) is 7.11 Å². The zero-order chi connectivity index (χ0) is 13.8. The van der Waals surface area contributed by atoms with Gasteiger partial charge in [-0.2, -0.15) is 0 Å². The fourth-order valence-electron chi connectivity index (χ4n) is 2.45. The summed E-state index contributed by atoms with van der Waals surface area (Å²) in [7, 11) is 1.69. The second-order valence-electron chi connectivity index (χ2n) is 5.18. The zero-order valence-corrected chi connectivity index (χ0v) is 11.8. The fraction of sp³-hybridized carbons (Fsp3) is 0.533. The second kappa shape index (κ2) is 6.06. The predicted molar refractivity (Wildman–Crippen MR) is 75.3 cm³/mol. The van der Waals surface area contributed by atoms with Crippen LogP contribution in [-0.2, 0) is 4.79 Å². The number of carbonyl (C=O) groups is 1. The molecule has 0 bridgehead atoms. The van der Waals surface area contributed by atoms with Crippen LogP contribution in [0.2, 0.25) is 0 Å². The van der Waals surface area contributed by atoms with Crippen LogP contribution in [0.4, 0.5) is 0 Å². The van der Waals surface area contributed by atoms with E-state index in [-0.39, 0.29) is 18.0 Å². The highest BCUT2D eigenvalue weighted by Crippen LogP contribution is 2.26. The number of rotatable bonds is 5. The van der Waals surface area contributed by atoms with Crippen LogP contribution in [0.1, 0.15) is 36.9 Å². The van der Waals surface area contributed by atoms with Gasteiger partial charge in [0.15, 0.2) is 0 Å². The van der Waals surface area contributed by atoms with Crippen LogP contribution < -0.4 is 15.4 Å². The average Bonchev–Trinajstić information content (AvgIpc) is 2.81. The van der Waals surface area contributed by atoms with Crippen molar-refractivity contribution >= 4 is 5.91 Å². The Kier molecular flexibility index (Phi) is 4.43. The van der Waals surface area contributed by atoms with Gasteiger partial charge in [0, 0.05) is 30.6 Å². The highest BCUT2D eigenvalue weighted by molar-refractivity contribution is 5.78. The van der Waals surface area contributed by atoms with E-state index in [4.69, 9.17) is 4.74 Å². The Labute approximate surface area is 114 Å². The molecule has 1 aliphatic rings. The van der Waals surface area contributed by atoms with Crippen molar-refractivity contribution in [2.45, 2.75) is 38.8 Å². The molecule has 1 aromatic rings. The lowest BCUT2D eigenvalue weighted by Gasteiger charge is -2.20. The standard InChI is InChI=1S/C15H22N2O2/c1-10-4-6-14(19-3)13(8-10)11(2)16-9-12-5-7-15(18)17-12/h4,6,8,11-12,16H,5,7,9H2,1-3H3,(H,17,18). The van der Waals surface area contributed by atoms with Gasteiger partial charge in [-0.15, -0.1) is 0 Å². The van der Waals surface area contributed by atoms with E-state index in [1.165, 1.54) is 5.56 Å². The van der Waals surface area contributed by atoms with Crippen LogP contribution in [0.5, 0.6) is 5.75 Å². The maximum atomic E-state index is 11.2. The quantitative estimate of drug-likeness (QED) is 0.852. The predicted octanol–water partition coefficient (Wildman–Crippen LogP) is 1.93. The Hall–Kier alpha value is -1.55. The van der Waals surface area contributed by atoms with Crippen LogP contribution >= 0.6 is 0 Å². The van der Waals surface area contributed by atoms with Gasteiger partial charge < -0.3 is 15.4 Å². The van der Waals surface area contributed by atoms with E-state index in [1.807, 2.05) is 12.1 Å². The first-order valence-corrected chi connectivity index (χ1v) is 6.77. The first kappa shape index (κ1) is 13.9. The molecule has 2 atom stereocenters. The fourth-order valence-corrected chi connectivity index (χ4v) is 2.45. The van der Waals surface area contributed by atoms with Gasteiger partial charge in [0.2, 0.25) is 5.91 Å². The van der Waals surface area contributed by atoms with Crippen LogP contribution in [0.15, 0.2) is 18.2 Å². The Bertz CT molecular complexity index is 459. The molecule has 104 valence electrons. The molecule has 4 nitrogen and oxygen atoms in total. The molecular formula is C15H22N2O2. The normalized spacial score (nSPS) is 20.2. The summed E-state index contributed by atoms with van der Waals surface area (Å²) in [6.45, 7) is 4.99. The zero-order valence-electron chi connectivity index (χ0n) is 11.8. The van der Waals surface area contributed by atoms with Gasteiger partial charge in [-0.25, -0.2) is 0 Å². The van der Waals surface area contributed by atoms with Crippen molar-refractivity contribution in [3.05, 3.63) is 29.3 Å². The molecule has 0 saturated carbocycles. The van der Waals surface area contributed by atoms with Crippen molar-refractivity contribution in [3.63, 3.8) is 0 Å². The Balaban J connectivity index is 1.97. The van der Waals surface area contributed by atoms with Crippen LogP contribution in [0.3, 0.4) is 0 Å². The molecule has 1 fully saturated rings. The summed E-state index contributed by atoms with van der Waals surface area (Å²) in [5, 5.41) is 6.44. The number of nitrogens with one attached hydrogen (secondary N) is 2. The molecule has 1 heterocycles. The summed E-state index contributed by atoms with van der Waals surface area (Å²) in [6, 6.07) is 6.65. The third-order valence-corrected chi connectivity index (χ3v) is 3.61. The third kappa shape index (κ3) is 3.47. The van der Waals surface area contributed by atoms with Gasteiger partial charge >= 0.3 is 0 Å². The van der Waals surface area contributed by atoms with E-state index < -0.39 is 0 Å². The molecule has 0 radical (unpaired) electrons. The van der Waals surface area contributed by atoms with Crippen LogP contribution in [0, 0.1) is 6.92 Å². The minimum Gasteiger partial charge on any atom is -0.496 e. The Morgan fingerprint density at radius 1 is 1.53 bits per heavy atom. The smallest absolute Gasteiger partial charge is 0.220 e. The monoisotopic (exact) mass is 262 g/mol. The molecule has 0 aromatic heterocycles. The van der Waals surface area contributed by atoms with Crippen molar-refractivity contribution in [2.75, 3.05) is 13.7 Å². The van der Waals surface area contributed by atoms with E-state index >= 15 is 0 Å². The SMILES string of the molecule is COc1ccc(C)cc1C(C)NCC1CCC(=O)N1. The number of amides is 1. The van der Waals surface area contributed by atoms with Gasteiger partial charge in [-0.3, -0.25) is 4.79 Å². The lowest BCUT2D eigenvalue weighted by molar-refractivity contribution is -0.119. The molecule has 1 saturated heterocycles. The molecule has 1 aromatic carbocycles. The van der Waals surface area contributed by atoms with Crippen LogP contribution in [-0.4, -0.2) is 25.6 Å². The third-order valence-electron chi connectivity index (χ3n) is 3.61. The number of carbonyl (C=O) groups excluding carboxylic acids is 1. The molecule has 2 rings (SSSR count). The molecule has 0 aliphatic carbocycles. The number of ether oxygens (including phenoxy) is 1. The first-order chi connectivity index (χ1) is 9.10.